The monoisotopic (exact) mass is 399 g/mol. The molecule has 1 aliphatic rings. The van der Waals surface area contributed by atoms with E-state index in [1.165, 1.54) is 0 Å². The maximum absolute atomic E-state index is 12.6. The van der Waals surface area contributed by atoms with Crippen molar-refractivity contribution in [3.63, 3.8) is 0 Å². The van der Waals surface area contributed by atoms with Crippen LogP contribution in [0.5, 0.6) is 5.75 Å². The van der Waals surface area contributed by atoms with Gasteiger partial charge < -0.3 is 20.5 Å². The zero-order valence-electron chi connectivity index (χ0n) is 17.5. The van der Waals surface area contributed by atoms with Crippen LogP contribution in [0.15, 0.2) is 18.2 Å². The van der Waals surface area contributed by atoms with Gasteiger partial charge in [-0.25, -0.2) is 4.79 Å². The average molecular weight is 399 g/mol. The van der Waals surface area contributed by atoms with E-state index >= 15 is 0 Å². The summed E-state index contributed by atoms with van der Waals surface area (Å²) >= 11 is 0. The zero-order chi connectivity index (χ0) is 21.2. The molecule has 1 heterocycles. The van der Waals surface area contributed by atoms with Crippen molar-refractivity contribution in [1.29, 1.82) is 0 Å². The normalized spacial score (nSPS) is 14.3. The Labute approximate surface area is 171 Å². The van der Waals surface area contributed by atoms with E-state index in [9.17, 15) is 9.59 Å². The Kier molecular flexibility index (Phi) is 5.96. The van der Waals surface area contributed by atoms with Crippen molar-refractivity contribution in [1.82, 2.24) is 10.3 Å². The second-order valence-corrected chi connectivity index (χ2v) is 8.13. The highest BCUT2D eigenvalue weighted by atomic mass is 16.5. The number of carbonyl (C=O) groups excluding carboxylic acids is 2. The van der Waals surface area contributed by atoms with Crippen LogP contribution in [0, 0.1) is 12.3 Å². The molecule has 1 aromatic carbocycles. The molecule has 7 heteroatoms. The summed E-state index contributed by atoms with van der Waals surface area (Å²) in [5.41, 5.74) is 7.28. The first-order valence-electron chi connectivity index (χ1n) is 10.0. The molecule has 3 N–H and O–H groups in total. The molecule has 0 aliphatic heterocycles. The Balaban J connectivity index is 1.88. The molecule has 1 aromatic heterocycles. The fraction of sp³-hybridized carbons (Fsp3) is 0.500. The summed E-state index contributed by atoms with van der Waals surface area (Å²) in [5.74, 6) is -0.0499. The molecule has 0 spiro atoms. The number of nitrogens with two attached hydrogens (primary N) is 1. The number of anilines is 1. The molecule has 1 amide bonds. The summed E-state index contributed by atoms with van der Waals surface area (Å²) in [6.07, 6.45) is 3.22. The number of nitrogens with one attached hydrogen (secondary N) is 1. The third-order valence-corrected chi connectivity index (χ3v) is 5.32. The second kappa shape index (κ2) is 8.27. The highest BCUT2D eigenvalue weighted by Gasteiger charge is 2.32. The molecule has 0 unspecified atom stereocenters. The summed E-state index contributed by atoms with van der Waals surface area (Å²) in [6, 6.07) is 5.67. The van der Waals surface area contributed by atoms with E-state index in [1.807, 2.05) is 26.0 Å². The zero-order valence-corrected chi connectivity index (χ0v) is 17.5. The third-order valence-electron chi connectivity index (χ3n) is 5.32. The number of pyridine rings is 1. The van der Waals surface area contributed by atoms with E-state index in [0.29, 0.717) is 22.3 Å². The topological polar surface area (TPSA) is 104 Å². The van der Waals surface area contributed by atoms with E-state index in [2.05, 4.69) is 10.3 Å². The van der Waals surface area contributed by atoms with Crippen LogP contribution in [0.3, 0.4) is 0 Å². The summed E-state index contributed by atoms with van der Waals surface area (Å²) in [4.78, 5) is 29.4. The predicted octanol–water partition coefficient (Wildman–Crippen LogP) is 3.38. The number of ether oxygens (including phenoxy) is 2. The van der Waals surface area contributed by atoms with Crippen LogP contribution in [-0.4, -0.2) is 36.1 Å². The Hall–Kier alpha value is -2.83. The van der Waals surface area contributed by atoms with Gasteiger partial charge in [0.1, 0.15) is 17.9 Å². The summed E-state index contributed by atoms with van der Waals surface area (Å²) in [7, 11) is 0. The van der Waals surface area contributed by atoms with Crippen molar-refractivity contribution in [2.75, 3.05) is 18.9 Å². The lowest BCUT2D eigenvalue weighted by atomic mass is 9.89. The maximum atomic E-state index is 12.6. The fourth-order valence-corrected chi connectivity index (χ4v) is 3.28. The Bertz CT molecular complexity index is 935. The smallest absolute Gasteiger partial charge is 0.342 e. The molecule has 2 aromatic rings. The van der Waals surface area contributed by atoms with Gasteiger partial charge in [0.25, 0.3) is 0 Å². The number of nitrogens with zero attached hydrogens (tertiary/aromatic N) is 1. The van der Waals surface area contributed by atoms with Gasteiger partial charge >= 0.3 is 5.97 Å². The van der Waals surface area contributed by atoms with Gasteiger partial charge in [-0.1, -0.05) is 6.07 Å². The van der Waals surface area contributed by atoms with Gasteiger partial charge in [0.15, 0.2) is 0 Å². The number of aryl methyl sites for hydroxylation is 1. The first-order valence-corrected chi connectivity index (χ1v) is 10.0. The molecule has 1 fully saturated rings. The number of hydrogen-bond acceptors (Lipinski definition) is 6. The molecule has 1 aliphatic carbocycles. The number of aromatic nitrogens is 1. The minimum Gasteiger partial charge on any atom is -0.492 e. The van der Waals surface area contributed by atoms with Gasteiger partial charge in [-0.15, -0.1) is 0 Å². The largest absolute Gasteiger partial charge is 0.492 e. The number of hydrogen-bond donors (Lipinski definition) is 2. The lowest BCUT2D eigenvalue weighted by Crippen LogP contribution is -2.47. The molecule has 156 valence electrons. The number of carbonyl (C=O) groups is 2. The van der Waals surface area contributed by atoms with E-state index in [-0.39, 0.29) is 36.4 Å². The summed E-state index contributed by atoms with van der Waals surface area (Å²) in [6.45, 7) is 7.58. The number of rotatable bonds is 7. The fourth-order valence-electron chi connectivity index (χ4n) is 3.28. The number of amides is 1. The SMILES string of the molecule is CCOC(=O)c1c(C)nc2cccc(OCC(C)(C)C(=O)NC3CCC3)c2c1N. The van der Waals surface area contributed by atoms with Crippen molar-refractivity contribution in [3.8, 4) is 5.75 Å². The lowest BCUT2D eigenvalue weighted by molar-refractivity contribution is -0.132. The molecule has 1 saturated carbocycles. The molecule has 0 saturated heterocycles. The van der Waals surface area contributed by atoms with Crippen LogP contribution >= 0.6 is 0 Å². The summed E-state index contributed by atoms with van der Waals surface area (Å²) < 4.78 is 11.1. The molecule has 0 atom stereocenters. The average Bonchev–Trinajstić information content (AvgIpc) is 2.62. The van der Waals surface area contributed by atoms with Crippen molar-refractivity contribution < 1.29 is 19.1 Å². The Morgan fingerprint density at radius 3 is 2.66 bits per heavy atom. The van der Waals surface area contributed by atoms with Crippen LogP contribution < -0.4 is 15.8 Å². The van der Waals surface area contributed by atoms with Crippen molar-refractivity contribution in [3.05, 3.63) is 29.5 Å². The number of fused-ring (bicyclic) bond motifs is 1. The molecule has 0 radical (unpaired) electrons. The van der Waals surface area contributed by atoms with Gasteiger partial charge in [0.05, 0.1) is 34.3 Å². The minimum absolute atomic E-state index is 0.0309. The van der Waals surface area contributed by atoms with Gasteiger partial charge in [-0.2, -0.15) is 0 Å². The third kappa shape index (κ3) is 4.28. The molecule has 7 nitrogen and oxygen atoms in total. The van der Waals surface area contributed by atoms with Crippen LogP contribution in [0.1, 0.15) is 56.1 Å². The van der Waals surface area contributed by atoms with E-state index in [4.69, 9.17) is 15.2 Å². The molecule has 0 bridgehead atoms. The van der Waals surface area contributed by atoms with Crippen molar-refractivity contribution in [2.24, 2.45) is 5.41 Å². The van der Waals surface area contributed by atoms with E-state index < -0.39 is 11.4 Å². The molecule has 29 heavy (non-hydrogen) atoms. The molecular weight excluding hydrogens is 370 g/mol. The minimum atomic E-state index is -0.714. The van der Waals surface area contributed by atoms with Crippen LogP contribution in [0.2, 0.25) is 0 Å². The molecular formula is C22H29N3O4. The standard InChI is InChI=1S/C22H29N3O4/c1-5-28-20(26)17-13(2)24-15-10-7-11-16(18(15)19(17)23)29-12-22(3,4)21(27)25-14-8-6-9-14/h7,10-11,14H,5-6,8-9,12H2,1-4H3,(H2,23,24)(H,25,27). The van der Waals surface area contributed by atoms with Crippen LogP contribution in [0.4, 0.5) is 5.69 Å². The highest BCUT2D eigenvalue weighted by Crippen LogP contribution is 2.34. The van der Waals surface area contributed by atoms with Gasteiger partial charge in [0.2, 0.25) is 5.91 Å². The first-order chi connectivity index (χ1) is 13.7. The van der Waals surface area contributed by atoms with Gasteiger partial charge in [-0.05, 0) is 59.1 Å². The second-order valence-electron chi connectivity index (χ2n) is 8.13. The summed E-state index contributed by atoms with van der Waals surface area (Å²) in [5, 5.41) is 3.62. The number of nitrogen functional groups attached to an aromatic ring is 1. The van der Waals surface area contributed by atoms with Crippen LogP contribution in [-0.2, 0) is 9.53 Å². The van der Waals surface area contributed by atoms with Crippen LogP contribution in [0.25, 0.3) is 10.9 Å². The van der Waals surface area contributed by atoms with E-state index in [1.54, 1.807) is 19.9 Å². The Morgan fingerprint density at radius 1 is 1.31 bits per heavy atom. The quantitative estimate of drug-likeness (QED) is 0.692. The van der Waals surface area contributed by atoms with E-state index in [0.717, 1.165) is 19.3 Å². The number of benzene rings is 1. The molecule has 3 rings (SSSR count). The van der Waals surface area contributed by atoms with Gasteiger partial charge in [-0.3, -0.25) is 9.78 Å². The Morgan fingerprint density at radius 2 is 2.03 bits per heavy atom. The number of esters is 1. The highest BCUT2D eigenvalue weighted by molar-refractivity contribution is 6.07. The van der Waals surface area contributed by atoms with Crippen molar-refractivity contribution >= 4 is 28.5 Å². The van der Waals surface area contributed by atoms with Gasteiger partial charge in [0, 0.05) is 6.04 Å². The lowest BCUT2D eigenvalue weighted by Gasteiger charge is -2.31. The maximum Gasteiger partial charge on any atom is 0.342 e. The first kappa shape index (κ1) is 20.9. The van der Waals surface area contributed by atoms with Crippen molar-refractivity contribution in [2.45, 2.75) is 53.0 Å². The predicted molar refractivity (Wildman–Crippen MR) is 112 cm³/mol.